The number of carbonyl (C=O) groups is 2. The number of methoxy groups -OCH3 is 2. The van der Waals surface area contributed by atoms with Gasteiger partial charge in [-0.15, -0.1) is 0 Å². The van der Waals surface area contributed by atoms with Gasteiger partial charge < -0.3 is 28.4 Å². The third-order valence-corrected chi connectivity index (χ3v) is 3.04. The summed E-state index contributed by atoms with van der Waals surface area (Å²) in [5.74, 6) is -0.732. The van der Waals surface area contributed by atoms with Crippen LogP contribution >= 0.6 is 0 Å². The molecule has 0 spiro atoms. The molecule has 1 rings (SSSR count). The van der Waals surface area contributed by atoms with Gasteiger partial charge in [-0.25, -0.2) is 0 Å². The molecule has 128 valence electrons. The summed E-state index contributed by atoms with van der Waals surface area (Å²) in [7, 11) is 3.00. The van der Waals surface area contributed by atoms with E-state index in [1.54, 1.807) is 0 Å². The number of carbonyl (C=O) groups excluding carboxylic acids is 2. The van der Waals surface area contributed by atoms with E-state index in [4.69, 9.17) is 28.4 Å². The molecule has 0 bridgehead atoms. The van der Waals surface area contributed by atoms with Crippen molar-refractivity contribution >= 4 is 11.9 Å². The second-order valence-electron chi connectivity index (χ2n) is 4.73. The molecule has 8 nitrogen and oxygen atoms in total. The molecule has 0 saturated carbocycles. The van der Waals surface area contributed by atoms with Gasteiger partial charge in [-0.1, -0.05) is 0 Å². The fourth-order valence-corrected chi connectivity index (χ4v) is 1.63. The summed E-state index contributed by atoms with van der Waals surface area (Å²) < 4.78 is 31.1. The minimum Gasteiger partial charge on any atom is -0.463 e. The molecular weight excluding hydrogens is 296 g/mol. The normalized spacial score (nSPS) is 27.0. The fraction of sp³-hybridized carbons (Fsp3) is 0.857. The van der Waals surface area contributed by atoms with Crippen molar-refractivity contribution in [1.29, 1.82) is 0 Å². The zero-order chi connectivity index (χ0) is 16.2. The maximum absolute atomic E-state index is 11.5. The highest BCUT2D eigenvalue weighted by Crippen LogP contribution is 2.01. The Morgan fingerprint density at radius 2 is 1.18 bits per heavy atom. The molecule has 2 atom stereocenters. The first kappa shape index (κ1) is 18.8. The van der Waals surface area contributed by atoms with Crippen LogP contribution in [0.3, 0.4) is 0 Å². The molecular formula is C14H24O8. The van der Waals surface area contributed by atoms with Crippen molar-refractivity contribution in [3.63, 3.8) is 0 Å². The van der Waals surface area contributed by atoms with Crippen LogP contribution in [0.1, 0.15) is 12.8 Å². The largest absolute Gasteiger partial charge is 0.463 e. The molecule has 8 heteroatoms. The van der Waals surface area contributed by atoms with Crippen LogP contribution in [0.5, 0.6) is 0 Å². The molecule has 1 aliphatic rings. The van der Waals surface area contributed by atoms with Crippen molar-refractivity contribution < 1.29 is 38.0 Å². The Morgan fingerprint density at radius 1 is 0.773 bits per heavy atom. The molecule has 0 aromatic heterocycles. The van der Waals surface area contributed by atoms with Crippen molar-refractivity contribution in [2.24, 2.45) is 0 Å². The third kappa shape index (κ3) is 8.28. The molecule has 0 aromatic carbocycles. The lowest BCUT2D eigenvalue weighted by Crippen LogP contribution is -2.29. The van der Waals surface area contributed by atoms with E-state index in [0.717, 1.165) is 0 Å². The molecule has 1 heterocycles. The summed E-state index contributed by atoms with van der Waals surface area (Å²) in [4.78, 5) is 23.1. The van der Waals surface area contributed by atoms with Crippen LogP contribution in [0.4, 0.5) is 0 Å². The lowest BCUT2D eigenvalue weighted by molar-refractivity contribution is -0.153. The van der Waals surface area contributed by atoms with Crippen LogP contribution in [-0.2, 0) is 38.0 Å². The van der Waals surface area contributed by atoms with Gasteiger partial charge in [0.05, 0.1) is 39.3 Å². The fourth-order valence-electron chi connectivity index (χ4n) is 1.63. The van der Waals surface area contributed by atoms with Crippen LogP contribution in [0.15, 0.2) is 0 Å². The quantitative estimate of drug-likeness (QED) is 0.653. The molecule has 0 aromatic rings. The molecule has 0 radical (unpaired) electrons. The Bertz CT molecular complexity index is 301. The van der Waals surface area contributed by atoms with E-state index in [-0.39, 0.29) is 76.6 Å². The average Bonchev–Trinajstić information content (AvgIpc) is 2.52. The molecule has 1 saturated heterocycles. The van der Waals surface area contributed by atoms with Gasteiger partial charge in [-0.3, -0.25) is 9.59 Å². The van der Waals surface area contributed by atoms with Gasteiger partial charge in [0.1, 0.15) is 25.4 Å². The zero-order valence-corrected chi connectivity index (χ0v) is 13.1. The number of hydrogen-bond acceptors (Lipinski definition) is 8. The van der Waals surface area contributed by atoms with E-state index in [1.165, 1.54) is 14.2 Å². The van der Waals surface area contributed by atoms with Gasteiger partial charge in [0.2, 0.25) is 0 Å². The van der Waals surface area contributed by atoms with Crippen molar-refractivity contribution in [3.05, 3.63) is 0 Å². The minimum atomic E-state index is -0.369. The maximum atomic E-state index is 11.5. The second-order valence-corrected chi connectivity index (χ2v) is 4.73. The Morgan fingerprint density at radius 3 is 1.55 bits per heavy atom. The molecule has 0 N–H and O–H groups in total. The average molecular weight is 320 g/mol. The Hall–Kier alpha value is -1.22. The van der Waals surface area contributed by atoms with Gasteiger partial charge in [0.15, 0.2) is 0 Å². The van der Waals surface area contributed by atoms with Gasteiger partial charge in [0.25, 0.3) is 0 Å². The van der Waals surface area contributed by atoms with Crippen LogP contribution in [0, 0.1) is 0 Å². The second kappa shape index (κ2) is 11.4. The Kier molecular flexibility index (Phi) is 9.72. The highest BCUT2D eigenvalue weighted by molar-refractivity contribution is 5.69. The smallest absolute Gasteiger partial charge is 0.308 e. The number of hydrogen-bond donors (Lipinski definition) is 0. The SMILES string of the molecule is COC1COCCC(=O)OCC(OC)COCCC(=O)OC1. The third-order valence-electron chi connectivity index (χ3n) is 3.04. The number of esters is 2. The molecule has 0 aliphatic carbocycles. The topological polar surface area (TPSA) is 89.5 Å². The van der Waals surface area contributed by atoms with Crippen LogP contribution in [-0.4, -0.2) is 78.0 Å². The maximum Gasteiger partial charge on any atom is 0.308 e. The van der Waals surface area contributed by atoms with Crippen LogP contribution < -0.4 is 0 Å². The number of ether oxygens (including phenoxy) is 6. The predicted octanol–water partition coefficient (Wildman–Crippen LogP) is -0.0702. The molecule has 0 amide bonds. The van der Waals surface area contributed by atoms with Gasteiger partial charge in [-0.05, 0) is 0 Å². The van der Waals surface area contributed by atoms with E-state index >= 15 is 0 Å². The summed E-state index contributed by atoms with van der Waals surface area (Å²) in [5, 5.41) is 0. The van der Waals surface area contributed by atoms with Crippen LogP contribution in [0.25, 0.3) is 0 Å². The van der Waals surface area contributed by atoms with E-state index in [2.05, 4.69) is 0 Å². The van der Waals surface area contributed by atoms with Crippen molar-refractivity contribution in [1.82, 2.24) is 0 Å². The highest BCUT2D eigenvalue weighted by atomic mass is 16.6. The van der Waals surface area contributed by atoms with Crippen LogP contribution in [0.2, 0.25) is 0 Å². The molecule has 2 unspecified atom stereocenters. The minimum absolute atomic E-state index is 0.0977. The Balaban J connectivity index is 2.46. The van der Waals surface area contributed by atoms with E-state index in [1.807, 2.05) is 0 Å². The summed E-state index contributed by atoms with van der Waals surface area (Å²) in [6.07, 6.45) is -0.473. The van der Waals surface area contributed by atoms with Gasteiger partial charge >= 0.3 is 11.9 Å². The molecule has 1 fully saturated rings. The molecule has 1 aliphatic heterocycles. The van der Waals surface area contributed by atoms with E-state index in [9.17, 15) is 9.59 Å². The summed E-state index contributed by atoms with van der Waals surface area (Å²) in [5.41, 5.74) is 0. The lowest BCUT2D eigenvalue weighted by atomic mass is 10.3. The summed E-state index contributed by atoms with van der Waals surface area (Å²) >= 11 is 0. The Labute approximate surface area is 129 Å². The number of cyclic esters (lactones) is 2. The monoisotopic (exact) mass is 320 g/mol. The summed E-state index contributed by atoms with van der Waals surface area (Å²) in [6, 6.07) is 0. The number of rotatable bonds is 2. The van der Waals surface area contributed by atoms with Gasteiger partial charge in [-0.2, -0.15) is 0 Å². The highest BCUT2D eigenvalue weighted by Gasteiger charge is 2.15. The first-order valence-electron chi connectivity index (χ1n) is 7.18. The standard InChI is InChI=1S/C14H24O8/c1-17-11-7-19-5-3-14(16)22-10-12(18-2)8-20-6-4-13(15)21-9-11/h11-12H,3-10H2,1-2H3. The first-order chi connectivity index (χ1) is 10.7. The lowest BCUT2D eigenvalue weighted by Gasteiger charge is -2.18. The van der Waals surface area contributed by atoms with Crippen molar-refractivity contribution in [2.75, 3.05) is 53.9 Å². The first-order valence-corrected chi connectivity index (χ1v) is 7.18. The zero-order valence-electron chi connectivity index (χ0n) is 13.1. The van der Waals surface area contributed by atoms with E-state index < -0.39 is 0 Å². The summed E-state index contributed by atoms with van der Waals surface area (Å²) in [6.45, 7) is 1.07. The van der Waals surface area contributed by atoms with E-state index in [0.29, 0.717) is 0 Å². The van der Waals surface area contributed by atoms with Gasteiger partial charge in [0, 0.05) is 14.2 Å². The van der Waals surface area contributed by atoms with Crippen molar-refractivity contribution in [3.8, 4) is 0 Å². The van der Waals surface area contributed by atoms with Crippen molar-refractivity contribution in [2.45, 2.75) is 25.0 Å². The predicted molar refractivity (Wildman–Crippen MR) is 74.4 cm³/mol. The molecule has 22 heavy (non-hydrogen) atoms.